The van der Waals surface area contributed by atoms with Crippen LogP contribution in [0.1, 0.15) is 36.5 Å². The number of nitrogens with zero attached hydrogens (tertiary/aromatic N) is 1. The minimum Gasteiger partial charge on any atom is -0.494 e. The minimum absolute atomic E-state index is 0.0486. The Balaban J connectivity index is 1.71. The highest BCUT2D eigenvalue weighted by Crippen LogP contribution is 2.16. The van der Waals surface area contributed by atoms with E-state index in [2.05, 4.69) is 12.2 Å². The number of unbranched alkanes of at least 4 members (excludes halogenated alkanes) is 1. The Hall–Kier alpha value is -2.62. The molecule has 1 aliphatic heterocycles. The topological polar surface area (TPSA) is 119 Å². The zero-order valence-corrected chi connectivity index (χ0v) is 18.1. The van der Waals surface area contributed by atoms with Crippen molar-refractivity contribution in [2.45, 2.75) is 32.2 Å². The van der Waals surface area contributed by atoms with Crippen LogP contribution in [0.3, 0.4) is 0 Å². The summed E-state index contributed by atoms with van der Waals surface area (Å²) in [6, 6.07) is 6.14. The smallest absolute Gasteiger partial charge is 0.325 e. The molecule has 2 rings (SSSR count). The number of rotatable bonds is 10. The first kappa shape index (κ1) is 23.7. The molecular formula is C20H28N2O7S. The van der Waals surface area contributed by atoms with Crippen molar-refractivity contribution in [1.82, 2.24) is 10.2 Å². The van der Waals surface area contributed by atoms with Gasteiger partial charge in [0, 0.05) is 18.7 Å². The molecule has 10 heteroatoms. The summed E-state index contributed by atoms with van der Waals surface area (Å²) in [5, 5.41) is 2.43. The number of carbonyl (C=O) groups is 3. The Kier molecular flexibility index (Phi) is 8.64. The van der Waals surface area contributed by atoms with Crippen molar-refractivity contribution in [1.29, 1.82) is 0 Å². The van der Waals surface area contributed by atoms with Gasteiger partial charge in [0.25, 0.3) is 11.8 Å². The van der Waals surface area contributed by atoms with Gasteiger partial charge in [-0.2, -0.15) is 0 Å². The molecule has 0 unspecified atom stereocenters. The van der Waals surface area contributed by atoms with E-state index in [9.17, 15) is 22.8 Å². The number of esters is 1. The van der Waals surface area contributed by atoms with E-state index in [0.717, 1.165) is 12.8 Å². The molecule has 1 atom stereocenters. The van der Waals surface area contributed by atoms with Crippen LogP contribution in [0.4, 0.5) is 0 Å². The van der Waals surface area contributed by atoms with Crippen LogP contribution in [-0.2, 0) is 24.2 Å². The Morgan fingerprint density at radius 3 is 2.50 bits per heavy atom. The summed E-state index contributed by atoms with van der Waals surface area (Å²) in [6.07, 6.45) is 2.35. The summed E-state index contributed by atoms with van der Waals surface area (Å²) in [5.74, 6) is -1.07. The van der Waals surface area contributed by atoms with E-state index in [1.54, 1.807) is 24.3 Å². The van der Waals surface area contributed by atoms with E-state index in [0.29, 0.717) is 24.3 Å². The maximum absolute atomic E-state index is 12.1. The summed E-state index contributed by atoms with van der Waals surface area (Å²) in [4.78, 5) is 37.3. The predicted molar refractivity (Wildman–Crippen MR) is 110 cm³/mol. The van der Waals surface area contributed by atoms with E-state index in [1.165, 1.54) is 11.9 Å². The molecular weight excluding hydrogens is 412 g/mol. The van der Waals surface area contributed by atoms with Crippen LogP contribution in [0.5, 0.6) is 5.75 Å². The third kappa shape index (κ3) is 7.33. The van der Waals surface area contributed by atoms with E-state index in [-0.39, 0.29) is 18.1 Å². The van der Waals surface area contributed by atoms with Gasteiger partial charge in [-0.25, -0.2) is 8.42 Å². The molecule has 0 aromatic heterocycles. The number of nitrogens with one attached hydrogen (secondary N) is 1. The van der Waals surface area contributed by atoms with E-state index in [1.807, 2.05) is 0 Å². The first-order chi connectivity index (χ1) is 14.2. The van der Waals surface area contributed by atoms with Crippen LogP contribution in [0.25, 0.3) is 0 Å². The lowest BCUT2D eigenvalue weighted by atomic mass is 10.2. The maximum atomic E-state index is 12.1. The third-order valence-corrected chi connectivity index (χ3v) is 6.53. The molecule has 1 fully saturated rings. The predicted octanol–water partition coefficient (Wildman–Crippen LogP) is 0.784. The number of benzene rings is 1. The Morgan fingerprint density at radius 2 is 1.90 bits per heavy atom. The molecule has 0 radical (unpaired) electrons. The fraction of sp³-hybridized carbons (Fsp3) is 0.550. The van der Waals surface area contributed by atoms with Gasteiger partial charge in [0.2, 0.25) is 0 Å². The molecule has 1 aliphatic rings. The number of carbonyl (C=O) groups excluding carboxylic acids is 3. The molecule has 166 valence electrons. The first-order valence-electron chi connectivity index (χ1n) is 9.84. The highest BCUT2D eigenvalue weighted by atomic mass is 32.2. The molecule has 2 amide bonds. The molecule has 0 aliphatic carbocycles. The fourth-order valence-corrected chi connectivity index (χ4v) is 4.65. The average molecular weight is 441 g/mol. The van der Waals surface area contributed by atoms with Crippen molar-refractivity contribution in [3.8, 4) is 5.75 Å². The number of sulfone groups is 1. The Labute approximate surface area is 176 Å². The summed E-state index contributed by atoms with van der Waals surface area (Å²) in [5.41, 5.74) is 0.365. The van der Waals surface area contributed by atoms with E-state index in [4.69, 9.17) is 9.47 Å². The highest BCUT2D eigenvalue weighted by Gasteiger charge is 2.32. The largest absolute Gasteiger partial charge is 0.494 e. The number of hydrogen-bond donors (Lipinski definition) is 1. The lowest BCUT2D eigenvalue weighted by Crippen LogP contribution is -2.41. The zero-order chi connectivity index (χ0) is 22.1. The van der Waals surface area contributed by atoms with Gasteiger partial charge in [0.1, 0.15) is 12.3 Å². The number of amides is 2. The highest BCUT2D eigenvalue weighted by molar-refractivity contribution is 7.91. The fourth-order valence-electron chi connectivity index (χ4n) is 2.87. The van der Waals surface area contributed by atoms with Gasteiger partial charge in [-0.1, -0.05) is 13.3 Å². The standard InChI is InChI=1S/C20H28N2O7S/c1-3-4-10-28-17-7-5-15(6-8-17)20(25)21-12-19(24)29-13-18(23)22(2)16-9-11-30(26,27)14-16/h5-8,16H,3-4,9-14H2,1-2H3,(H,21,25)/t16-/m1/s1. The van der Waals surface area contributed by atoms with Gasteiger partial charge in [-0.05, 0) is 37.1 Å². The van der Waals surface area contributed by atoms with Crippen molar-refractivity contribution in [3.63, 3.8) is 0 Å². The second-order valence-electron chi connectivity index (χ2n) is 7.13. The summed E-state index contributed by atoms with van der Waals surface area (Å²) in [7, 11) is -1.63. The third-order valence-electron chi connectivity index (χ3n) is 4.78. The van der Waals surface area contributed by atoms with E-state index >= 15 is 0 Å². The van der Waals surface area contributed by atoms with Gasteiger partial charge in [-0.15, -0.1) is 0 Å². The molecule has 0 saturated carbocycles. The monoisotopic (exact) mass is 440 g/mol. The van der Waals surface area contributed by atoms with Crippen LogP contribution in [0, 0.1) is 0 Å². The first-order valence-corrected chi connectivity index (χ1v) is 11.7. The molecule has 1 heterocycles. The maximum Gasteiger partial charge on any atom is 0.325 e. The van der Waals surface area contributed by atoms with Gasteiger partial charge in [0.15, 0.2) is 16.4 Å². The van der Waals surface area contributed by atoms with Gasteiger partial charge in [0.05, 0.1) is 18.1 Å². The van der Waals surface area contributed by atoms with Gasteiger partial charge < -0.3 is 19.7 Å². The van der Waals surface area contributed by atoms with Crippen LogP contribution in [0.15, 0.2) is 24.3 Å². The summed E-state index contributed by atoms with van der Waals surface area (Å²) < 4.78 is 33.4. The van der Waals surface area contributed by atoms with Gasteiger partial charge in [-0.3, -0.25) is 14.4 Å². The van der Waals surface area contributed by atoms with Crippen molar-refractivity contribution in [2.75, 3.05) is 38.3 Å². The minimum atomic E-state index is -3.12. The van der Waals surface area contributed by atoms with Crippen LogP contribution < -0.4 is 10.1 Å². The molecule has 1 saturated heterocycles. The number of ether oxygens (including phenoxy) is 2. The lowest BCUT2D eigenvalue weighted by molar-refractivity contribution is -0.151. The average Bonchev–Trinajstić information content (AvgIpc) is 3.10. The molecule has 9 nitrogen and oxygen atoms in total. The second-order valence-corrected chi connectivity index (χ2v) is 9.36. The van der Waals surface area contributed by atoms with Gasteiger partial charge >= 0.3 is 5.97 Å². The van der Waals surface area contributed by atoms with Crippen molar-refractivity contribution in [3.05, 3.63) is 29.8 Å². The quantitative estimate of drug-likeness (QED) is 0.422. The zero-order valence-electron chi connectivity index (χ0n) is 17.3. The molecule has 1 aromatic rings. The summed E-state index contributed by atoms with van der Waals surface area (Å²) >= 11 is 0. The molecule has 0 spiro atoms. The lowest BCUT2D eigenvalue weighted by Gasteiger charge is -2.23. The molecule has 1 aromatic carbocycles. The van der Waals surface area contributed by atoms with Crippen molar-refractivity contribution in [2.24, 2.45) is 0 Å². The molecule has 1 N–H and O–H groups in total. The van der Waals surface area contributed by atoms with Crippen molar-refractivity contribution < 1.29 is 32.3 Å². The SMILES string of the molecule is CCCCOc1ccc(C(=O)NCC(=O)OCC(=O)N(C)[C@@H]2CCS(=O)(=O)C2)cc1. The molecule has 30 heavy (non-hydrogen) atoms. The number of hydrogen-bond acceptors (Lipinski definition) is 7. The molecule has 0 bridgehead atoms. The van der Waals surface area contributed by atoms with Crippen LogP contribution in [-0.4, -0.2) is 75.5 Å². The van der Waals surface area contributed by atoms with Crippen molar-refractivity contribution >= 4 is 27.6 Å². The van der Waals surface area contributed by atoms with E-state index < -0.39 is 40.3 Å². The second kappa shape index (κ2) is 11.0. The number of likely N-dealkylation sites (N-methyl/N-ethyl adjacent to an activating group) is 1. The Bertz CT molecular complexity index is 852. The Morgan fingerprint density at radius 1 is 1.20 bits per heavy atom. The van der Waals surface area contributed by atoms with Crippen LogP contribution in [0.2, 0.25) is 0 Å². The summed E-state index contributed by atoms with van der Waals surface area (Å²) in [6.45, 7) is 1.78. The normalized spacial score (nSPS) is 17.2. The van der Waals surface area contributed by atoms with Crippen LogP contribution >= 0.6 is 0 Å².